The average molecular weight is 246 g/mol. The molecule has 1 aromatic carbocycles. The highest BCUT2D eigenvalue weighted by molar-refractivity contribution is 5.77. The standard InChI is InChI=1S/C15H18O3/c1-11(2)7-8-15(16)17-10-13-9-12-5-3-4-6-14(12)18-13/h3-6,9,11H,7-8,10H2,1-2H3. The lowest BCUT2D eigenvalue weighted by Crippen LogP contribution is -2.05. The Kier molecular flexibility index (Phi) is 4.03. The Morgan fingerprint density at radius 1 is 1.33 bits per heavy atom. The summed E-state index contributed by atoms with van der Waals surface area (Å²) in [5.74, 6) is 1.04. The molecule has 0 fully saturated rings. The zero-order valence-corrected chi connectivity index (χ0v) is 10.8. The number of para-hydroxylation sites is 1. The first-order valence-corrected chi connectivity index (χ1v) is 6.28. The van der Waals surface area contributed by atoms with E-state index in [0.29, 0.717) is 18.1 Å². The minimum atomic E-state index is -0.163. The van der Waals surface area contributed by atoms with Crippen LogP contribution in [0.15, 0.2) is 34.7 Å². The van der Waals surface area contributed by atoms with Crippen LogP contribution in [0.5, 0.6) is 0 Å². The van der Waals surface area contributed by atoms with Gasteiger partial charge in [-0.3, -0.25) is 4.79 Å². The van der Waals surface area contributed by atoms with E-state index in [1.54, 1.807) is 0 Å². The van der Waals surface area contributed by atoms with Crippen molar-refractivity contribution in [1.82, 2.24) is 0 Å². The smallest absolute Gasteiger partial charge is 0.306 e. The van der Waals surface area contributed by atoms with Gasteiger partial charge in [-0.15, -0.1) is 0 Å². The summed E-state index contributed by atoms with van der Waals surface area (Å²) in [6, 6.07) is 9.66. The third-order valence-electron chi connectivity index (χ3n) is 2.78. The van der Waals surface area contributed by atoms with E-state index in [1.807, 2.05) is 30.3 Å². The lowest BCUT2D eigenvalue weighted by atomic mass is 10.1. The van der Waals surface area contributed by atoms with Gasteiger partial charge in [0.05, 0.1) is 0 Å². The number of esters is 1. The van der Waals surface area contributed by atoms with Gasteiger partial charge in [0.15, 0.2) is 0 Å². The number of carbonyl (C=O) groups is 1. The van der Waals surface area contributed by atoms with Gasteiger partial charge in [-0.05, 0) is 24.5 Å². The van der Waals surface area contributed by atoms with Crippen LogP contribution in [-0.4, -0.2) is 5.97 Å². The molecule has 0 aliphatic carbocycles. The van der Waals surface area contributed by atoms with Crippen molar-refractivity contribution < 1.29 is 13.9 Å². The number of furan rings is 1. The molecule has 0 unspecified atom stereocenters. The Morgan fingerprint density at radius 2 is 2.11 bits per heavy atom. The molecule has 18 heavy (non-hydrogen) atoms. The van der Waals surface area contributed by atoms with Crippen LogP contribution in [0.4, 0.5) is 0 Å². The highest BCUT2D eigenvalue weighted by Gasteiger charge is 2.08. The van der Waals surface area contributed by atoms with Gasteiger partial charge in [0, 0.05) is 11.8 Å². The molecule has 1 heterocycles. The largest absolute Gasteiger partial charge is 0.457 e. The second kappa shape index (κ2) is 5.71. The zero-order chi connectivity index (χ0) is 13.0. The van der Waals surface area contributed by atoms with Crippen molar-refractivity contribution in [2.75, 3.05) is 0 Å². The highest BCUT2D eigenvalue weighted by Crippen LogP contribution is 2.19. The molecule has 0 atom stereocenters. The van der Waals surface area contributed by atoms with E-state index in [9.17, 15) is 4.79 Å². The minimum Gasteiger partial charge on any atom is -0.457 e. The van der Waals surface area contributed by atoms with Crippen molar-refractivity contribution >= 4 is 16.9 Å². The molecule has 0 saturated carbocycles. The van der Waals surface area contributed by atoms with Gasteiger partial charge in [0.25, 0.3) is 0 Å². The van der Waals surface area contributed by atoms with Crippen LogP contribution in [-0.2, 0) is 16.1 Å². The molecular weight excluding hydrogens is 228 g/mol. The number of rotatable bonds is 5. The van der Waals surface area contributed by atoms with E-state index in [2.05, 4.69) is 13.8 Å². The van der Waals surface area contributed by atoms with Crippen molar-refractivity contribution in [3.8, 4) is 0 Å². The Labute approximate surface area is 107 Å². The molecule has 0 saturated heterocycles. The molecule has 0 spiro atoms. The number of hydrogen-bond acceptors (Lipinski definition) is 3. The fraction of sp³-hybridized carbons (Fsp3) is 0.400. The summed E-state index contributed by atoms with van der Waals surface area (Å²) in [6.07, 6.45) is 1.33. The topological polar surface area (TPSA) is 39.4 Å². The molecule has 0 amide bonds. The number of ether oxygens (including phenoxy) is 1. The van der Waals surface area contributed by atoms with Gasteiger partial charge in [-0.25, -0.2) is 0 Å². The molecular formula is C15H18O3. The Bertz CT molecular complexity index is 492. The number of carbonyl (C=O) groups excluding carboxylic acids is 1. The summed E-state index contributed by atoms with van der Waals surface area (Å²) < 4.78 is 10.7. The van der Waals surface area contributed by atoms with Crippen molar-refractivity contribution in [2.24, 2.45) is 5.92 Å². The van der Waals surface area contributed by atoms with Gasteiger partial charge >= 0.3 is 5.97 Å². The lowest BCUT2D eigenvalue weighted by molar-refractivity contribution is -0.145. The average Bonchev–Trinajstić information content (AvgIpc) is 2.76. The van der Waals surface area contributed by atoms with E-state index < -0.39 is 0 Å². The van der Waals surface area contributed by atoms with Crippen molar-refractivity contribution in [2.45, 2.75) is 33.3 Å². The van der Waals surface area contributed by atoms with E-state index >= 15 is 0 Å². The van der Waals surface area contributed by atoms with Crippen LogP contribution in [0.3, 0.4) is 0 Å². The third kappa shape index (κ3) is 3.36. The summed E-state index contributed by atoms with van der Waals surface area (Å²) in [4.78, 5) is 11.5. The Hall–Kier alpha value is -1.77. The van der Waals surface area contributed by atoms with E-state index in [4.69, 9.17) is 9.15 Å². The van der Waals surface area contributed by atoms with Crippen molar-refractivity contribution in [3.63, 3.8) is 0 Å². The predicted octanol–water partition coefficient (Wildman–Crippen LogP) is 3.91. The molecule has 1 aromatic heterocycles. The monoisotopic (exact) mass is 246 g/mol. The maximum atomic E-state index is 11.5. The molecule has 3 nitrogen and oxygen atoms in total. The summed E-state index contributed by atoms with van der Waals surface area (Å²) in [5.41, 5.74) is 0.825. The first kappa shape index (κ1) is 12.7. The second-order valence-electron chi connectivity index (χ2n) is 4.84. The second-order valence-corrected chi connectivity index (χ2v) is 4.84. The third-order valence-corrected chi connectivity index (χ3v) is 2.78. The van der Waals surface area contributed by atoms with Crippen molar-refractivity contribution in [3.05, 3.63) is 36.1 Å². The Morgan fingerprint density at radius 3 is 2.83 bits per heavy atom. The summed E-state index contributed by atoms with van der Waals surface area (Å²) in [5, 5.41) is 1.03. The van der Waals surface area contributed by atoms with Crippen LogP contribution < -0.4 is 0 Å². The minimum absolute atomic E-state index is 0.163. The lowest BCUT2D eigenvalue weighted by Gasteiger charge is -2.04. The van der Waals surface area contributed by atoms with Crippen LogP contribution in [0, 0.1) is 5.92 Å². The van der Waals surface area contributed by atoms with Gasteiger partial charge < -0.3 is 9.15 Å². The summed E-state index contributed by atoms with van der Waals surface area (Å²) in [7, 11) is 0. The fourth-order valence-electron chi connectivity index (χ4n) is 1.74. The Balaban J connectivity index is 1.88. The van der Waals surface area contributed by atoms with Gasteiger partial charge in [0.2, 0.25) is 0 Å². The summed E-state index contributed by atoms with van der Waals surface area (Å²) >= 11 is 0. The van der Waals surface area contributed by atoms with E-state index in [0.717, 1.165) is 17.4 Å². The molecule has 96 valence electrons. The summed E-state index contributed by atoms with van der Waals surface area (Å²) in [6.45, 7) is 4.39. The maximum absolute atomic E-state index is 11.5. The van der Waals surface area contributed by atoms with Crippen LogP contribution in [0.2, 0.25) is 0 Å². The number of fused-ring (bicyclic) bond motifs is 1. The quantitative estimate of drug-likeness (QED) is 0.751. The predicted molar refractivity (Wildman–Crippen MR) is 70.1 cm³/mol. The maximum Gasteiger partial charge on any atom is 0.306 e. The highest BCUT2D eigenvalue weighted by atomic mass is 16.5. The fourth-order valence-corrected chi connectivity index (χ4v) is 1.74. The molecule has 3 heteroatoms. The van der Waals surface area contributed by atoms with Gasteiger partial charge in [0.1, 0.15) is 18.0 Å². The normalized spacial score (nSPS) is 11.1. The first-order chi connectivity index (χ1) is 8.65. The zero-order valence-electron chi connectivity index (χ0n) is 10.8. The van der Waals surface area contributed by atoms with E-state index in [1.165, 1.54) is 0 Å². The SMILES string of the molecule is CC(C)CCC(=O)OCc1cc2ccccc2o1. The molecule has 0 aliphatic heterocycles. The molecule has 0 aliphatic rings. The first-order valence-electron chi connectivity index (χ1n) is 6.28. The molecule has 0 radical (unpaired) electrons. The molecule has 0 N–H and O–H groups in total. The van der Waals surface area contributed by atoms with Gasteiger partial charge in [-0.1, -0.05) is 32.0 Å². The molecule has 0 bridgehead atoms. The van der Waals surface area contributed by atoms with Crippen LogP contribution >= 0.6 is 0 Å². The van der Waals surface area contributed by atoms with Gasteiger partial charge in [-0.2, -0.15) is 0 Å². The number of hydrogen-bond donors (Lipinski definition) is 0. The van der Waals surface area contributed by atoms with Crippen molar-refractivity contribution in [1.29, 1.82) is 0 Å². The molecule has 2 rings (SSSR count). The number of benzene rings is 1. The van der Waals surface area contributed by atoms with Crippen LogP contribution in [0.25, 0.3) is 11.0 Å². The molecule has 2 aromatic rings. The van der Waals surface area contributed by atoms with E-state index in [-0.39, 0.29) is 12.6 Å². The van der Waals surface area contributed by atoms with Crippen LogP contribution in [0.1, 0.15) is 32.4 Å².